The van der Waals surface area contributed by atoms with Crippen molar-refractivity contribution in [2.45, 2.75) is 32.6 Å². The summed E-state index contributed by atoms with van der Waals surface area (Å²) < 4.78 is 0. The summed E-state index contributed by atoms with van der Waals surface area (Å²) in [6.45, 7) is 2.19. The Labute approximate surface area is 113 Å². The summed E-state index contributed by atoms with van der Waals surface area (Å²) in [6, 6.07) is 6.57. The van der Waals surface area contributed by atoms with Gasteiger partial charge in [0.2, 0.25) is 0 Å². The Morgan fingerprint density at radius 2 is 2.17 bits per heavy atom. The van der Waals surface area contributed by atoms with E-state index in [2.05, 4.69) is 41.9 Å². The highest BCUT2D eigenvalue weighted by atomic mass is 32.2. The molecule has 1 aliphatic rings. The van der Waals surface area contributed by atoms with Gasteiger partial charge >= 0.3 is 0 Å². The molecule has 2 nitrogen and oxygen atoms in total. The van der Waals surface area contributed by atoms with Gasteiger partial charge in [-0.2, -0.15) is 11.8 Å². The highest BCUT2D eigenvalue weighted by Gasteiger charge is 2.16. The molecule has 1 fully saturated rings. The predicted octanol–water partition coefficient (Wildman–Crippen LogP) is 3.81. The molecule has 0 aliphatic carbocycles. The van der Waals surface area contributed by atoms with Crippen LogP contribution < -0.4 is 0 Å². The minimum atomic E-state index is 0.831. The topological polar surface area (TPSA) is 28.7 Å². The average molecular weight is 260 g/mol. The van der Waals surface area contributed by atoms with E-state index in [4.69, 9.17) is 4.98 Å². The second-order valence-corrected chi connectivity index (χ2v) is 6.37. The summed E-state index contributed by atoms with van der Waals surface area (Å²) in [5.41, 5.74) is 3.70. The smallest absolute Gasteiger partial charge is 0.107 e. The molecule has 0 atom stereocenters. The van der Waals surface area contributed by atoms with Crippen molar-refractivity contribution < 1.29 is 0 Å². The van der Waals surface area contributed by atoms with E-state index in [0.717, 1.165) is 24.3 Å². The van der Waals surface area contributed by atoms with Crippen molar-refractivity contribution in [2.24, 2.45) is 5.92 Å². The highest BCUT2D eigenvalue weighted by molar-refractivity contribution is 7.99. The Morgan fingerprint density at radius 1 is 1.33 bits per heavy atom. The molecule has 0 bridgehead atoms. The standard InChI is InChI=1S/C15H20N2S/c1-2-11-3-4-13-14(9-11)17-15(16-13)10-12-5-7-18-8-6-12/h3-4,9,12H,2,5-8,10H2,1H3,(H,16,17). The Hall–Kier alpha value is -0.960. The lowest BCUT2D eigenvalue weighted by molar-refractivity contribution is 0.478. The number of nitrogens with zero attached hydrogens (tertiary/aromatic N) is 1. The van der Waals surface area contributed by atoms with Gasteiger partial charge in [-0.3, -0.25) is 0 Å². The van der Waals surface area contributed by atoms with Gasteiger partial charge < -0.3 is 4.98 Å². The first kappa shape index (κ1) is 12.1. The SMILES string of the molecule is CCc1ccc2nc(CC3CCSCC3)[nH]c2c1. The van der Waals surface area contributed by atoms with E-state index in [1.807, 2.05) is 0 Å². The number of benzene rings is 1. The molecule has 0 saturated carbocycles. The van der Waals surface area contributed by atoms with Crippen molar-refractivity contribution in [3.63, 3.8) is 0 Å². The molecule has 3 rings (SSSR count). The lowest BCUT2D eigenvalue weighted by Crippen LogP contribution is -2.12. The Bertz CT molecular complexity index is 526. The van der Waals surface area contributed by atoms with Crippen LogP contribution in [0.25, 0.3) is 11.0 Å². The minimum Gasteiger partial charge on any atom is -0.342 e. The number of hydrogen-bond donors (Lipinski definition) is 1. The Morgan fingerprint density at radius 3 is 2.94 bits per heavy atom. The maximum Gasteiger partial charge on any atom is 0.107 e. The number of hydrogen-bond acceptors (Lipinski definition) is 2. The number of imidazole rings is 1. The molecule has 0 radical (unpaired) electrons. The minimum absolute atomic E-state index is 0.831. The molecule has 96 valence electrons. The quantitative estimate of drug-likeness (QED) is 0.909. The van der Waals surface area contributed by atoms with E-state index < -0.39 is 0 Å². The number of H-pyrrole nitrogens is 1. The van der Waals surface area contributed by atoms with E-state index in [9.17, 15) is 0 Å². The van der Waals surface area contributed by atoms with Gasteiger partial charge in [0.15, 0.2) is 0 Å². The van der Waals surface area contributed by atoms with E-state index in [0.29, 0.717) is 0 Å². The molecule has 18 heavy (non-hydrogen) atoms. The number of aromatic nitrogens is 2. The van der Waals surface area contributed by atoms with Gasteiger partial charge in [0.1, 0.15) is 5.82 Å². The summed E-state index contributed by atoms with van der Waals surface area (Å²) in [6.07, 6.45) is 4.91. The maximum atomic E-state index is 4.72. The van der Waals surface area contributed by atoms with Crippen molar-refractivity contribution in [1.29, 1.82) is 0 Å². The number of aromatic amines is 1. The molecule has 0 unspecified atom stereocenters. The normalized spacial score (nSPS) is 17.4. The first-order chi connectivity index (χ1) is 8.85. The molecule has 1 saturated heterocycles. The third-order valence-corrected chi connectivity index (χ3v) is 4.88. The lowest BCUT2D eigenvalue weighted by atomic mass is 9.99. The van der Waals surface area contributed by atoms with Crippen LogP contribution in [0, 0.1) is 5.92 Å². The number of aryl methyl sites for hydroxylation is 1. The van der Waals surface area contributed by atoms with Crippen molar-refractivity contribution in [3.8, 4) is 0 Å². The summed E-state index contributed by atoms with van der Waals surface area (Å²) in [5, 5.41) is 0. The molecule has 1 N–H and O–H groups in total. The molecule has 0 spiro atoms. The van der Waals surface area contributed by atoms with E-state index in [1.54, 1.807) is 0 Å². The largest absolute Gasteiger partial charge is 0.342 e. The lowest BCUT2D eigenvalue weighted by Gasteiger charge is -2.19. The van der Waals surface area contributed by atoms with Crippen molar-refractivity contribution >= 4 is 22.8 Å². The fourth-order valence-electron chi connectivity index (χ4n) is 2.65. The van der Waals surface area contributed by atoms with Crippen LogP contribution in [0.15, 0.2) is 18.2 Å². The first-order valence-electron chi connectivity index (χ1n) is 6.90. The van der Waals surface area contributed by atoms with Crippen LogP contribution in [0.3, 0.4) is 0 Å². The predicted molar refractivity (Wildman–Crippen MR) is 79.2 cm³/mol. The summed E-state index contributed by atoms with van der Waals surface area (Å²) in [4.78, 5) is 8.22. The fraction of sp³-hybridized carbons (Fsp3) is 0.533. The van der Waals surface area contributed by atoms with Gasteiger partial charge in [0, 0.05) is 6.42 Å². The van der Waals surface area contributed by atoms with E-state index in [1.165, 1.54) is 41.3 Å². The monoisotopic (exact) mass is 260 g/mol. The number of rotatable bonds is 3. The first-order valence-corrected chi connectivity index (χ1v) is 8.06. The summed E-state index contributed by atoms with van der Waals surface area (Å²) in [7, 11) is 0. The van der Waals surface area contributed by atoms with E-state index >= 15 is 0 Å². The van der Waals surface area contributed by atoms with Crippen LogP contribution in [0.5, 0.6) is 0 Å². The van der Waals surface area contributed by atoms with Gasteiger partial charge in [0.25, 0.3) is 0 Å². The van der Waals surface area contributed by atoms with Crippen molar-refractivity contribution in [1.82, 2.24) is 9.97 Å². The van der Waals surface area contributed by atoms with Crippen LogP contribution in [0.1, 0.15) is 31.2 Å². The second-order valence-electron chi connectivity index (χ2n) is 5.15. The number of thioether (sulfide) groups is 1. The zero-order valence-electron chi connectivity index (χ0n) is 10.9. The molecular weight excluding hydrogens is 240 g/mol. The molecule has 1 aromatic carbocycles. The molecule has 1 aliphatic heterocycles. The third-order valence-electron chi connectivity index (χ3n) is 3.83. The van der Waals surface area contributed by atoms with Gasteiger partial charge in [0.05, 0.1) is 11.0 Å². The number of nitrogens with one attached hydrogen (secondary N) is 1. The van der Waals surface area contributed by atoms with Gasteiger partial charge in [-0.15, -0.1) is 0 Å². The van der Waals surface area contributed by atoms with Crippen LogP contribution >= 0.6 is 11.8 Å². The average Bonchev–Trinajstić information content (AvgIpc) is 2.80. The molecule has 0 amide bonds. The van der Waals surface area contributed by atoms with Gasteiger partial charge in [-0.25, -0.2) is 4.98 Å². The number of fused-ring (bicyclic) bond motifs is 1. The van der Waals surface area contributed by atoms with Gasteiger partial charge in [-0.05, 0) is 54.4 Å². The molecule has 2 aromatic rings. The highest BCUT2D eigenvalue weighted by Crippen LogP contribution is 2.26. The van der Waals surface area contributed by atoms with Crippen molar-refractivity contribution in [3.05, 3.63) is 29.6 Å². The molecule has 3 heteroatoms. The summed E-state index contributed by atoms with van der Waals surface area (Å²) >= 11 is 2.09. The Kier molecular flexibility index (Phi) is 3.59. The molecule has 2 heterocycles. The van der Waals surface area contributed by atoms with Crippen LogP contribution in [0.2, 0.25) is 0 Å². The Balaban J connectivity index is 1.79. The van der Waals surface area contributed by atoms with Gasteiger partial charge in [-0.1, -0.05) is 13.0 Å². The fourth-order valence-corrected chi connectivity index (χ4v) is 3.85. The molecular formula is C15H20N2S. The zero-order valence-corrected chi connectivity index (χ0v) is 11.7. The maximum absolute atomic E-state index is 4.72. The summed E-state index contributed by atoms with van der Waals surface area (Å²) in [5.74, 6) is 4.66. The van der Waals surface area contributed by atoms with Crippen molar-refractivity contribution in [2.75, 3.05) is 11.5 Å². The van der Waals surface area contributed by atoms with Crippen LogP contribution in [0.4, 0.5) is 0 Å². The second kappa shape index (κ2) is 5.35. The molecule has 1 aromatic heterocycles. The van der Waals surface area contributed by atoms with Crippen LogP contribution in [-0.4, -0.2) is 21.5 Å². The zero-order chi connectivity index (χ0) is 12.4. The third kappa shape index (κ3) is 2.56. The van der Waals surface area contributed by atoms with E-state index in [-0.39, 0.29) is 0 Å². The van der Waals surface area contributed by atoms with Crippen LogP contribution in [-0.2, 0) is 12.8 Å².